The summed E-state index contributed by atoms with van der Waals surface area (Å²) in [4.78, 5) is 28.9. The summed E-state index contributed by atoms with van der Waals surface area (Å²) in [7, 11) is 0. The Morgan fingerprint density at radius 1 is 1.09 bits per heavy atom. The summed E-state index contributed by atoms with van der Waals surface area (Å²) >= 11 is 0. The van der Waals surface area contributed by atoms with Gasteiger partial charge < -0.3 is 19.1 Å². The fraction of sp³-hybridized carbons (Fsp3) is 0.444. The maximum Gasteiger partial charge on any atom is 0.333 e. The van der Waals surface area contributed by atoms with Gasteiger partial charge in [-0.3, -0.25) is 4.79 Å². The molecule has 0 bridgehead atoms. The topological polar surface area (TPSA) is 90.7 Å². The summed E-state index contributed by atoms with van der Waals surface area (Å²) in [5, 5.41) is 10.2. The minimum Gasteiger partial charge on any atom is -0.492 e. The van der Waals surface area contributed by atoms with Crippen molar-refractivity contribution in [3.8, 4) is 5.75 Å². The number of benzene rings is 1. The lowest BCUT2D eigenvalue weighted by Gasteiger charge is -2.19. The van der Waals surface area contributed by atoms with E-state index in [0.29, 0.717) is 37.6 Å². The molecule has 1 aliphatic rings. The van der Waals surface area contributed by atoms with E-state index in [1.807, 2.05) is 53.2 Å². The zero-order valence-electron chi connectivity index (χ0n) is 19.6. The van der Waals surface area contributed by atoms with E-state index in [0.717, 1.165) is 42.3 Å². The first-order valence-corrected chi connectivity index (χ1v) is 12.1. The third kappa shape index (κ3) is 5.83. The number of Topliss-reactive ketones (excluding diaryl/α,β-unsaturated/α-hetero) is 1. The number of carbonyl (C=O) groups excluding carboxylic acids is 1. The van der Waals surface area contributed by atoms with Crippen LogP contribution in [0.4, 0.5) is 0 Å². The van der Waals surface area contributed by atoms with Gasteiger partial charge in [-0.15, -0.1) is 0 Å². The summed E-state index contributed by atoms with van der Waals surface area (Å²) in [6.45, 7) is 3.19. The number of fused-ring (bicyclic) bond motifs is 1. The Hall–Kier alpha value is -3.19. The molecule has 1 aliphatic carbocycles. The molecule has 2 aromatic heterocycles. The molecule has 1 atom stereocenters. The highest BCUT2D eigenvalue weighted by molar-refractivity contribution is 5.97. The molecule has 1 saturated carbocycles. The van der Waals surface area contributed by atoms with Crippen molar-refractivity contribution in [1.29, 1.82) is 0 Å². The second-order valence-corrected chi connectivity index (χ2v) is 8.80. The molecule has 0 radical (unpaired) electrons. The summed E-state index contributed by atoms with van der Waals surface area (Å²) < 4.78 is 13.2. The molecule has 4 rings (SSSR count). The Bertz CT molecular complexity index is 1120. The molecule has 2 heterocycles. The van der Waals surface area contributed by atoms with Crippen LogP contribution < -0.4 is 4.74 Å². The SMILES string of the molecule is CCOC(Cc1ccc(OCCn2ccc3ccc(C(=O)C4CCCCC4)nc32)cc1)C(=O)O. The number of carbonyl (C=O) groups is 2. The van der Waals surface area contributed by atoms with Crippen LogP contribution >= 0.6 is 0 Å². The minimum absolute atomic E-state index is 0.104. The largest absolute Gasteiger partial charge is 0.492 e. The van der Waals surface area contributed by atoms with Gasteiger partial charge in [0.05, 0.1) is 6.54 Å². The van der Waals surface area contributed by atoms with Crippen molar-refractivity contribution in [2.45, 2.75) is 58.1 Å². The van der Waals surface area contributed by atoms with Gasteiger partial charge in [0.15, 0.2) is 11.9 Å². The second kappa shape index (κ2) is 11.3. The lowest BCUT2D eigenvalue weighted by molar-refractivity contribution is -0.149. The Kier molecular flexibility index (Phi) is 7.95. The summed E-state index contributed by atoms with van der Waals surface area (Å²) in [6.07, 6.45) is 6.84. The van der Waals surface area contributed by atoms with Crippen molar-refractivity contribution in [3.05, 3.63) is 59.9 Å². The number of ketones is 1. The average Bonchev–Trinajstić information content (AvgIpc) is 3.27. The maximum atomic E-state index is 12.9. The van der Waals surface area contributed by atoms with Crippen molar-refractivity contribution >= 4 is 22.8 Å². The van der Waals surface area contributed by atoms with Gasteiger partial charge in [-0.05, 0) is 55.7 Å². The molecular weight excluding hydrogens is 432 g/mol. The van der Waals surface area contributed by atoms with Gasteiger partial charge in [-0.2, -0.15) is 0 Å². The molecule has 7 heteroatoms. The highest BCUT2D eigenvalue weighted by Crippen LogP contribution is 2.27. The number of nitrogens with zero attached hydrogens (tertiary/aromatic N) is 2. The number of carboxylic acids is 1. The molecule has 1 unspecified atom stereocenters. The third-order valence-electron chi connectivity index (χ3n) is 6.43. The molecule has 34 heavy (non-hydrogen) atoms. The smallest absolute Gasteiger partial charge is 0.333 e. The van der Waals surface area contributed by atoms with Crippen LogP contribution in [0, 0.1) is 5.92 Å². The Morgan fingerprint density at radius 2 is 1.85 bits per heavy atom. The van der Waals surface area contributed by atoms with Gasteiger partial charge in [-0.1, -0.05) is 31.4 Å². The molecule has 1 fully saturated rings. The fourth-order valence-corrected chi connectivity index (χ4v) is 4.57. The molecule has 7 nitrogen and oxygen atoms in total. The summed E-state index contributed by atoms with van der Waals surface area (Å²) in [5.41, 5.74) is 2.24. The zero-order chi connectivity index (χ0) is 23.9. The van der Waals surface area contributed by atoms with Crippen LogP contribution in [0.1, 0.15) is 55.1 Å². The predicted molar refractivity (Wildman–Crippen MR) is 129 cm³/mol. The summed E-state index contributed by atoms with van der Waals surface area (Å²) in [5.74, 6) is 0.0239. The van der Waals surface area contributed by atoms with Gasteiger partial charge in [0, 0.05) is 30.5 Å². The number of hydrogen-bond donors (Lipinski definition) is 1. The number of hydrogen-bond acceptors (Lipinski definition) is 5. The van der Waals surface area contributed by atoms with Crippen LogP contribution in [0.3, 0.4) is 0 Å². The van der Waals surface area contributed by atoms with Crippen LogP contribution in [0.15, 0.2) is 48.7 Å². The highest BCUT2D eigenvalue weighted by Gasteiger charge is 2.23. The average molecular weight is 465 g/mol. The van der Waals surface area contributed by atoms with E-state index >= 15 is 0 Å². The molecule has 0 aliphatic heterocycles. The van der Waals surface area contributed by atoms with E-state index in [-0.39, 0.29) is 11.7 Å². The molecular formula is C27H32N2O5. The fourth-order valence-electron chi connectivity index (χ4n) is 4.57. The van der Waals surface area contributed by atoms with Crippen LogP contribution in [0.5, 0.6) is 5.75 Å². The number of rotatable bonds is 11. The normalized spacial score (nSPS) is 15.3. The minimum atomic E-state index is -0.960. The van der Waals surface area contributed by atoms with E-state index in [1.54, 1.807) is 6.92 Å². The van der Waals surface area contributed by atoms with E-state index < -0.39 is 12.1 Å². The molecule has 0 saturated heterocycles. The van der Waals surface area contributed by atoms with Crippen LogP contribution in [-0.4, -0.2) is 45.7 Å². The van der Waals surface area contributed by atoms with E-state index in [2.05, 4.69) is 0 Å². The second-order valence-electron chi connectivity index (χ2n) is 8.80. The molecule has 1 N–H and O–H groups in total. The Balaban J connectivity index is 1.35. The third-order valence-corrected chi connectivity index (χ3v) is 6.43. The van der Waals surface area contributed by atoms with Crippen molar-refractivity contribution in [2.75, 3.05) is 13.2 Å². The first-order valence-electron chi connectivity index (χ1n) is 12.1. The molecule has 1 aromatic carbocycles. The van der Waals surface area contributed by atoms with Crippen LogP contribution in [-0.2, 0) is 22.5 Å². The first kappa shape index (κ1) is 24.0. The van der Waals surface area contributed by atoms with Gasteiger partial charge in [-0.25, -0.2) is 9.78 Å². The lowest BCUT2D eigenvalue weighted by Crippen LogP contribution is -2.26. The number of aliphatic carboxylic acids is 1. The quantitative estimate of drug-likeness (QED) is 0.406. The molecule has 180 valence electrons. The zero-order valence-corrected chi connectivity index (χ0v) is 19.6. The monoisotopic (exact) mass is 464 g/mol. The number of ether oxygens (including phenoxy) is 2. The van der Waals surface area contributed by atoms with Crippen molar-refractivity contribution in [3.63, 3.8) is 0 Å². The molecule has 0 spiro atoms. The lowest BCUT2D eigenvalue weighted by atomic mass is 9.85. The van der Waals surface area contributed by atoms with Crippen LogP contribution in [0.25, 0.3) is 11.0 Å². The Labute approximate surface area is 199 Å². The van der Waals surface area contributed by atoms with E-state index in [9.17, 15) is 14.7 Å². The number of carboxylic acid groups (broad SMARTS) is 1. The van der Waals surface area contributed by atoms with Crippen molar-refractivity contribution in [1.82, 2.24) is 9.55 Å². The number of pyridine rings is 1. The van der Waals surface area contributed by atoms with Crippen molar-refractivity contribution < 1.29 is 24.2 Å². The first-order chi connectivity index (χ1) is 16.5. The van der Waals surface area contributed by atoms with Crippen molar-refractivity contribution in [2.24, 2.45) is 5.92 Å². The highest BCUT2D eigenvalue weighted by atomic mass is 16.5. The van der Waals surface area contributed by atoms with Gasteiger partial charge in [0.1, 0.15) is 23.7 Å². The van der Waals surface area contributed by atoms with Crippen LogP contribution in [0.2, 0.25) is 0 Å². The van der Waals surface area contributed by atoms with Gasteiger partial charge in [0.25, 0.3) is 0 Å². The van der Waals surface area contributed by atoms with Gasteiger partial charge in [0.2, 0.25) is 0 Å². The molecule has 3 aromatic rings. The Morgan fingerprint density at radius 3 is 2.56 bits per heavy atom. The van der Waals surface area contributed by atoms with E-state index in [1.165, 1.54) is 6.42 Å². The standard InChI is InChI=1S/C27H32N2O5/c1-2-33-24(27(31)32)18-19-8-11-22(12-9-19)34-17-16-29-15-14-21-10-13-23(28-26(21)29)25(30)20-6-4-3-5-7-20/h8-15,20,24H,2-7,16-18H2,1H3,(H,31,32). The number of aromatic nitrogens is 2. The van der Waals surface area contributed by atoms with Gasteiger partial charge >= 0.3 is 5.97 Å². The summed E-state index contributed by atoms with van der Waals surface area (Å²) in [6, 6.07) is 13.2. The van der Waals surface area contributed by atoms with E-state index in [4.69, 9.17) is 14.5 Å². The maximum absolute atomic E-state index is 12.9. The predicted octanol–water partition coefficient (Wildman–Crippen LogP) is 4.91. The molecule has 0 amide bonds.